The van der Waals surface area contributed by atoms with Gasteiger partial charge in [0, 0.05) is 26.2 Å². The first kappa shape index (κ1) is 20.2. The number of carbonyl (C=O) groups excluding carboxylic acids is 2. The van der Waals surface area contributed by atoms with Crippen molar-refractivity contribution in [2.75, 3.05) is 26.7 Å². The van der Waals surface area contributed by atoms with Crippen LogP contribution in [0.3, 0.4) is 0 Å². The molecule has 2 aromatic rings. The number of methoxy groups -OCH3 is 1. The molecule has 3 aliphatic rings. The average Bonchev–Trinajstić information content (AvgIpc) is 3.16. The van der Waals surface area contributed by atoms with Gasteiger partial charge in [-0.25, -0.2) is 0 Å². The van der Waals surface area contributed by atoms with Crippen LogP contribution in [0.25, 0.3) is 0 Å². The van der Waals surface area contributed by atoms with Crippen LogP contribution in [0, 0.1) is 0 Å². The average molecular weight is 421 g/mol. The molecule has 0 unspecified atom stereocenters. The van der Waals surface area contributed by atoms with Crippen molar-refractivity contribution in [3.63, 3.8) is 0 Å². The molecule has 5 rings (SSSR count). The molecule has 0 aromatic heterocycles. The largest absolute Gasteiger partial charge is 0.497 e. The van der Waals surface area contributed by atoms with Crippen LogP contribution >= 0.6 is 0 Å². The Bertz CT molecular complexity index is 972. The summed E-state index contributed by atoms with van der Waals surface area (Å²) in [6.45, 7) is 2.51. The third-order valence-electron chi connectivity index (χ3n) is 6.74. The van der Waals surface area contributed by atoms with Gasteiger partial charge in [0.15, 0.2) is 0 Å². The van der Waals surface area contributed by atoms with E-state index >= 15 is 0 Å². The summed E-state index contributed by atoms with van der Waals surface area (Å²) in [6.07, 6.45) is -0.200. The van der Waals surface area contributed by atoms with Crippen LogP contribution in [0.1, 0.15) is 17.5 Å². The lowest BCUT2D eigenvalue weighted by atomic mass is 9.82. The summed E-state index contributed by atoms with van der Waals surface area (Å²) in [4.78, 5) is 32.5. The van der Waals surface area contributed by atoms with E-state index in [0.717, 1.165) is 17.9 Å². The van der Waals surface area contributed by atoms with Crippen molar-refractivity contribution in [1.82, 2.24) is 14.7 Å². The molecular formula is C24H27N3O4. The van der Waals surface area contributed by atoms with Crippen LogP contribution in [0.5, 0.6) is 5.75 Å². The number of nitrogens with zero attached hydrogens (tertiary/aromatic N) is 3. The zero-order chi connectivity index (χ0) is 21.6. The molecule has 1 N–H and O–H groups in total. The molecule has 2 aromatic carbocycles. The minimum Gasteiger partial charge on any atom is -0.497 e. The SMILES string of the molecule is COc1ccc(CN2C(=O)[C@@H]3C[C@@H](O)CN3C3(CN(Cc4ccccc4)C3)C2=O)cc1. The first-order chi connectivity index (χ1) is 15.0. The van der Waals surface area contributed by atoms with E-state index in [4.69, 9.17) is 4.74 Å². The van der Waals surface area contributed by atoms with Gasteiger partial charge >= 0.3 is 0 Å². The number of rotatable bonds is 5. The van der Waals surface area contributed by atoms with E-state index in [1.165, 1.54) is 10.5 Å². The van der Waals surface area contributed by atoms with Gasteiger partial charge in [0.2, 0.25) is 5.91 Å². The van der Waals surface area contributed by atoms with E-state index < -0.39 is 17.7 Å². The van der Waals surface area contributed by atoms with Gasteiger partial charge in [0.25, 0.3) is 5.91 Å². The molecule has 162 valence electrons. The molecule has 3 aliphatic heterocycles. The Labute approximate surface area is 181 Å². The van der Waals surface area contributed by atoms with Crippen LogP contribution in [-0.2, 0) is 22.7 Å². The smallest absolute Gasteiger partial charge is 0.252 e. The maximum atomic E-state index is 13.6. The maximum absolute atomic E-state index is 13.6. The zero-order valence-electron chi connectivity index (χ0n) is 17.6. The van der Waals surface area contributed by atoms with E-state index in [-0.39, 0.29) is 18.4 Å². The van der Waals surface area contributed by atoms with E-state index in [9.17, 15) is 14.7 Å². The summed E-state index contributed by atoms with van der Waals surface area (Å²) in [7, 11) is 1.61. The summed E-state index contributed by atoms with van der Waals surface area (Å²) >= 11 is 0. The van der Waals surface area contributed by atoms with Gasteiger partial charge in [0.1, 0.15) is 11.3 Å². The lowest BCUT2D eigenvalue weighted by Crippen LogP contribution is -2.81. The van der Waals surface area contributed by atoms with Gasteiger partial charge in [-0.15, -0.1) is 0 Å². The molecule has 0 saturated carbocycles. The number of aliphatic hydroxyl groups is 1. The molecule has 0 bridgehead atoms. The second-order valence-corrected chi connectivity index (χ2v) is 8.80. The molecule has 2 atom stereocenters. The fourth-order valence-corrected chi connectivity index (χ4v) is 5.20. The molecule has 1 spiro atoms. The normalized spacial score (nSPS) is 25.5. The number of β-amino-alcohol motifs (C(OH)–C–C–N with tert-alkyl or cyclic N) is 1. The maximum Gasteiger partial charge on any atom is 0.252 e. The van der Waals surface area contributed by atoms with E-state index in [1.807, 2.05) is 47.4 Å². The molecule has 7 nitrogen and oxygen atoms in total. The molecule has 2 amide bonds. The standard InChI is InChI=1S/C24H27N3O4/c1-31-20-9-7-18(8-10-20)13-26-22(29)21-11-19(28)14-27(21)24(23(26)30)15-25(16-24)12-17-5-3-2-4-6-17/h2-10,19,21,28H,11-16H2,1H3/t19-,21+/m1/s1. The first-order valence-corrected chi connectivity index (χ1v) is 10.7. The highest BCUT2D eigenvalue weighted by Gasteiger charge is 2.64. The van der Waals surface area contributed by atoms with Crippen molar-refractivity contribution < 1.29 is 19.4 Å². The van der Waals surface area contributed by atoms with Gasteiger partial charge in [-0.1, -0.05) is 42.5 Å². The van der Waals surface area contributed by atoms with E-state index in [2.05, 4.69) is 17.0 Å². The minimum absolute atomic E-state index is 0.150. The molecule has 0 aliphatic carbocycles. The van der Waals surface area contributed by atoms with Crippen LogP contribution in [0.15, 0.2) is 54.6 Å². The topological polar surface area (TPSA) is 73.3 Å². The third kappa shape index (κ3) is 3.43. The third-order valence-corrected chi connectivity index (χ3v) is 6.74. The monoisotopic (exact) mass is 421 g/mol. The molecule has 0 radical (unpaired) electrons. The van der Waals surface area contributed by atoms with E-state index in [1.54, 1.807) is 7.11 Å². The number of hydrogen-bond acceptors (Lipinski definition) is 6. The van der Waals surface area contributed by atoms with Gasteiger partial charge in [-0.05, 0) is 29.7 Å². The zero-order valence-corrected chi connectivity index (χ0v) is 17.6. The Morgan fingerprint density at radius 2 is 1.68 bits per heavy atom. The van der Waals surface area contributed by atoms with Gasteiger partial charge in [-0.3, -0.25) is 24.3 Å². The summed E-state index contributed by atoms with van der Waals surface area (Å²) in [5, 5.41) is 10.3. The Balaban J connectivity index is 1.38. The number of hydrogen-bond donors (Lipinski definition) is 1. The van der Waals surface area contributed by atoms with Gasteiger partial charge < -0.3 is 9.84 Å². The Hall–Kier alpha value is -2.74. The van der Waals surface area contributed by atoms with Crippen molar-refractivity contribution in [2.45, 2.75) is 37.2 Å². The van der Waals surface area contributed by atoms with Crippen LogP contribution in [-0.4, -0.2) is 76.0 Å². The van der Waals surface area contributed by atoms with E-state index in [0.29, 0.717) is 26.1 Å². The molecule has 7 heteroatoms. The highest BCUT2D eigenvalue weighted by atomic mass is 16.5. The lowest BCUT2D eigenvalue weighted by Gasteiger charge is -2.58. The fourth-order valence-electron chi connectivity index (χ4n) is 5.20. The molecule has 3 heterocycles. The number of ether oxygens (including phenoxy) is 1. The minimum atomic E-state index is -0.739. The number of piperazine rings is 1. The predicted octanol–water partition coefficient (Wildman–Crippen LogP) is 1.25. The van der Waals surface area contributed by atoms with Crippen molar-refractivity contribution in [1.29, 1.82) is 0 Å². The summed E-state index contributed by atoms with van der Waals surface area (Å²) in [5.74, 6) is 0.379. The molecular weight excluding hydrogens is 394 g/mol. The number of imide groups is 1. The number of fused-ring (bicyclic) bond motifs is 2. The Kier molecular flexibility index (Phi) is 5.04. The Morgan fingerprint density at radius 3 is 2.35 bits per heavy atom. The van der Waals surface area contributed by atoms with Crippen molar-refractivity contribution in [3.05, 3.63) is 65.7 Å². The second-order valence-electron chi connectivity index (χ2n) is 8.80. The number of amides is 2. The highest BCUT2D eigenvalue weighted by molar-refractivity contribution is 6.06. The Morgan fingerprint density at radius 1 is 1.00 bits per heavy atom. The number of aliphatic hydroxyl groups excluding tert-OH is 1. The molecule has 3 fully saturated rings. The van der Waals surface area contributed by atoms with Crippen molar-refractivity contribution in [2.24, 2.45) is 0 Å². The quantitative estimate of drug-likeness (QED) is 0.733. The van der Waals surface area contributed by atoms with Crippen molar-refractivity contribution in [3.8, 4) is 5.75 Å². The predicted molar refractivity (Wildman–Crippen MR) is 114 cm³/mol. The first-order valence-electron chi connectivity index (χ1n) is 10.7. The van der Waals surface area contributed by atoms with Crippen LogP contribution in [0.2, 0.25) is 0 Å². The van der Waals surface area contributed by atoms with Crippen LogP contribution in [0.4, 0.5) is 0 Å². The summed E-state index contributed by atoms with van der Waals surface area (Å²) in [5.41, 5.74) is 1.34. The van der Waals surface area contributed by atoms with Gasteiger partial charge in [-0.2, -0.15) is 0 Å². The second kappa shape index (κ2) is 7.75. The highest BCUT2D eigenvalue weighted by Crippen LogP contribution is 2.41. The summed E-state index contributed by atoms with van der Waals surface area (Å²) < 4.78 is 5.20. The molecule has 31 heavy (non-hydrogen) atoms. The lowest BCUT2D eigenvalue weighted by molar-refractivity contribution is -0.181. The fraction of sp³-hybridized carbons (Fsp3) is 0.417. The van der Waals surface area contributed by atoms with Crippen LogP contribution < -0.4 is 4.74 Å². The molecule has 3 saturated heterocycles. The van der Waals surface area contributed by atoms with Gasteiger partial charge in [0.05, 0.1) is 25.8 Å². The summed E-state index contributed by atoms with van der Waals surface area (Å²) in [6, 6.07) is 17.2. The number of benzene rings is 2. The number of likely N-dealkylation sites (tertiary alicyclic amines) is 1. The van der Waals surface area contributed by atoms with Crippen molar-refractivity contribution >= 4 is 11.8 Å². The number of carbonyl (C=O) groups is 2.